The molecule has 0 radical (unpaired) electrons. The summed E-state index contributed by atoms with van der Waals surface area (Å²) in [7, 11) is 0. The van der Waals surface area contributed by atoms with Crippen molar-refractivity contribution in [3.63, 3.8) is 0 Å². The zero-order chi connectivity index (χ0) is 15.0. The molecule has 0 saturated heterocycles. The van der Waals surface area contributed by atoms with E-state index in [0.29, 0.717) is 11.9 Å². The minimum absolute atomic E-state index is 0.00576. The van der Waals surface area contributed by atoms with Gasteiger partial charge < -0.3 is 16.4 Å². The Balaban J connectivity index is 1.84. The van der Waals surface area contributed by atoms with Crippen LogP contribution in [0.5, 0.6) is 0 Å². The molecule has 21 heavy (non-hydrogen) atoms. The Morgan fingerprint density at radius 3 is 2.95 bits per heavy atom. The molecule has 4 N–H and O–H groups in total. The molecular formula is C14H19N5OS. The Morgan fingerprint density at radius 1 is 1.52 bits per heavy atom. The Morgan fingerprint density at radius 2 is 2.29 bits per heavy atom. The van der Waals surface area contributed by atoms with E-state index < -0.39 is 0 Å². The van der Waals surface area contributed by atoms with Gasteiger partial charge in [0, 0.05) is 10.9 Å². The van der Waals surface area contributed by atoms with Crippen LogP contribution in [-0.4, -0.2) is 28.0 Å². The highest BCUT2D eigenvalue weighted by Gasteiger charge is 2.26. The maximum atomic E-state index is 12.0. The van der Waals surface area contributed by atoms with Gasteiger partial charge >= 0.3 is 0 Å². The SMILES string of the molecule is CCc1cc2c(NC(C)C(=O)NC3CC3)nc(N)nc2s1. The Kier molecular flexibility index (Phi) is 3.67. The maximum absolute atomic E-state index is 12.0. The summed E-state index contributed by atoms with van der Waals surface area (Å²) in [4.78, 5) is 22.6. The van der Waals surface area contributed by atoms with E-state index in [1.807, 2.05) is 6.92 Å². The van der Waals surface area contributed by atoms with Crippen LogP contribution in [0.25, 0.3) is 10.2 Å². The number of thiophene rings is 1. The molecule has 1 unspecified atom stereocenters. The molecule has 0 spiro atoms. The van der Waals surface area contributed by atoms with Crippen LogP contribution in [0.15, 0.2) is 6.07 Å². The molecule has 2 heterocycles. The van der Waals surface area contributed by atoms with E-state index in [4.69, 9.17) is 5.73 Å². The number of fused-ring (bicyclic) bond motifs is 1. The number of nitrogens with two attached hydrogens (primary N) is 1. The second kappa shape index (κ2) is 5.48. The predicted molar refractivity (Wildman–Crippen MR) is 85.5 cm³/mol. The van der Waals surface area contributed by atoms with Gasteiger partial charge in [-0.25, -0.2) is 4.98 Å². The third kappa shape index (κ3) is 3.07. The minimum Gasteiger partial charge on any atom is -0.368 e. The molecule has 2 aromatic heterocycles. The molecule has 7 heteroatoms. The highest BCUT2D eigenvalue weighted by Crippen LogP contribution is 2.30. The average Bonchev–Trinajstić information content (AvgIpc) is 3.15. The molecule has 0 aromatic carbocycles. The van der Waals surface area contributed by atoms with Gasteiger partial charge in [0.2, 0.25) is 11.9 Å². The quantitative estimate of drug-likeness (QED) is 0.784. The lowest BCUT2D eigenvalue weighted by Gasteiger charge is -2.15. The molecule has 1 aliphatic carbocycles. The molecule has 3 rings (SSSR count). The lowest BCUT2D eigenvalue weighted by molar-refractivity contribution is -0.121. The smallest absolute Gasteiger partial charge is 0.242 e. The fourth-order valence-corrected chi connectivity index (χ4v) is 3.07. The number of amides is 1. The summed E-state index contributed by atoms with van der Waals surface area (Å²) < 4.78 is 0. The highest BCUT2D eigenvalue weighted by atomic mass is 32.1. The van der Waals surface area contributed by atoms with Gasteiger partial charge in [-0.1, -0.05) is 6.92 Å². The fraction of sp³-hybridized carbons (Fsp3) is 0.500. The average molecular weight is 305 g/mol. The van der Waals surface area contributed by atoms with Gasteiger partial charge in [-0.3, -0.25) is 4.79 Å². The molecule has 1 amide bonds. The summed E-state index contributed by atoms with van der Waals surface area (Å²) >= 11 is 1.61. The van der Waals surface area contributed by atoms with E-state index in [2.05, 4.69) is 33.6 Å². The standard InChI is InChI=1S/C14H19N5OS/c1-3-9-6-10-11(18-14(15)19-13(10)21-9)16-7(2)12(20)17-8-4-5-8/h6-8H,3-5H2,1-2H3,(H,17,20)(H3,15,16,18,19). The molecule has 1 atom stereocenters. The number of nitrogens with zero attached hydrogens (tertiary/aromatic N) is 2. The van der Waals surface area contributed by atoms with E-state index in [-0.39, 0.29) is 17.9 Å². The van der Waals surface area contributed by atoms with Crippen molar-refractivity contribution < 1.29 is 4.79 Å². The van der Waals surface area contributed by atoms with Gasteiger partial charge in [0.05, 0.1) is 5.39 Å². The van der Waals surface area contributed by atoms with Crippen molar-refractivity contribution in [2.24, 2.45) is 0 Å². The van der Waals surface area contributed by atoms with Crippen LogP contribution in [0.3, 0.4) is 0 Å². The Hall–Kier alpha value is -1.89. The topological polar surface area (TPSA) is 92.9 Å². The van der Waals surface area contributed by atoms with E-state index in [9.17, 15) is 4.79 Å². The number of anilines is 2. The molecule has 1 aliphatic rings. The van der Waals surface area contributed by atoms with Gasteiger partial charge in [0.1, 0.15) is 16.7 Å². The largest absolute Gasteiger partial charge is 0.368 e. The monoisotopic (exact) mass is 305 g/mol. The van der Waals surface area contributed by atoms with Crippen molar-refractivity contribution in [1.29, 1.82) is 0 Å². The summed E-state index contributed by atoms with van der Waals surface area (Å²) in [5, 5.41) is 7.07. The third-order valence-corrected chi connectivity index (χ3v) is 4.65. The summed E-state index contributed by atoms with van der Waals surface area (Å²) in [6.07, 6.45) is 3.10. The van der Waals surface area contributed by atoms with Crippen molar-refractivity contribution in [3.8, 4) is 0 Å². The van der Waals surface area contributed by atoms with Gasteiger partial charge in [-0.15, -0.1) is 11.3 Å². The van der Waals surface area contributed by atoms with Gasteiger partial charge in [-0.05, 0) is 32.3 Å². The van der Waals surface area contributed by atoms with Crippen LogP contribution >= 0.6 is 11.3 Å². The number of nitrogen functional groups attached to an aromatic ring is 1. The van der Waals surface area contributed by atoms with Crippen LogP contribution in [0.4, 0.5) is 11.8 Å². The van der Waals surface area contributed by atoms with Gasteiger partial charge in [0.15, 0.2) is 0 Å². The molecule has 2 aromatic rings. The maximum Gasteiger partial charge on any atom is 0.242 e. The minimum atomic E-state index is -0.354. The molecule has 112 valence electrons. The number of aryl methyl sites for hydroxylation is 1. The normalized spacial score (nSPS) is 15.9. The summed E-state index contributed by atoms with van der Waals surface area (Å²) in [6, 6.07) is 2.06. The summed E-state index contributed by atoms with van der Waals surface area (Å²) in [6.45, 7) is 3.93. The lowest BCUT2D eigenvalue weighted by atomic mass is 10.2. The molecule has 1 fully saturated rings. The first kappa shape index (κ1) is 14.1. The number of nitrogens with one attached hydrogen (secondary N) is 2. The number of rotatable bonds is 5. The summed E-state index contributed by atoms with van der Waals surface area (Å²) in [5.41, 5.74) is 5.76. The number of aromatic nitrogens is 2. The van der Waals surface area contributed by atoms with Crippen molar-refractivity contribution in [2.45, 2.75) is 45.2 Å². The van der Waals surface area contributed by atoms with E-state index in [0.717, 1.165) is 29.5 Å². The van der Waals surface area contributed by atoms with E-state index >= 15 is 0 Å². The molecule has 6 nitrogen and oxygen atoms in total. The second-order valence-corrected chi connectivity index (χ2v) is 6.48. The third-order valence-electron chi connectivity index (χ3n) is 3.48. The molecular weight excluding hydrogens is 286 g/mol. The highest BCUT2D eigenvalue weighted by molar-refractivity contribution is 7.18. The number of hydrogen-bond donors (Lipinski definition) is 3. The second-order valence-electron chi connectivity index (χ2n) is 5.36. The van der Waals surface area contributed by atoms with Crippen molar-refractivity contribution in [1.82, 2.24) is 15.3 Å². The van der Waals surface area contributed by atoms with E-state index in [1.54, 1.807) is 11.3 Å². The number of carbonyl (C=O) groups excluding carboxylic acids is 1. The first-order chi connectivity index (χ1) is 10.1. The molecule has 0 aliphatic heterocycles. The van der Waals surface area contributed by atoms with Gasteiger partial charge in [-0.2, -0.15) is 4.98 Å². The molecule has 0 bridgehead atoms. The van der Waals surface area contributed by atoms with Crippen molar-refractivity contribution in [2.75, 3.05) is 11.1 Å². The predicted octanol–water partition coefficient (Wildman–Crippen LogP) is 1.91. The van der Waals surface area contributed by atoms with Crippen molar-refractivity contribution >= 4 is 39.2 Å². The summed E-state index contributed by atoms with van der Waals surface area (Å²) in [5.74, 6) is 0.852. The van der Waals surface area contributed by atoms with Crippen LogP contribution in [0.1, 0.15) is 31.6 Å². The zero-order valence-corrected chi connectivity index (χ0v) is 13.0. The Labute approximate surface area is 127 Å². The zero-order valence-electron chi connectivity index (χ0n) is 12.1. The lowest BCUT2D eigenvalue weighted by Crippen LogP contribution is -2.38. The van der Waals surface area contributed by atoms with Crippen LogP contribution < -0.4 is 16.4 Å². The van der Waals surface area contributed by atoms with Crippen molar-refractivity contribution in [3.05, 3.63) is 10.9 Å². The first-order valence-corrected chi connectivity index (χ1v) is 8.01. The first-order valence-electron chi connectivity index (χ1n) is 7.19. The molecule has 1 saturated carbocycles. The fourth-order valence-electron chi connectivity index (χ4n) is 2.10. The van der Waals surface area contributed by atoms with Crippen LogP contribution in [0, 0.1) is 0 Å². The number of hydrogen-bond acceptors (Lipinski definition) is 6. The van der Waals surface area contributed by atoms with Gasteiger partial charge in [0.25, 0.3) is 0 Å². The van der Waals surface area contributed by atoms with E-state index in [1.165, 1.54) is 4.88 Å². The number of carbonyl (C=O) groups is 1. The van der Waals surface area contributed by atoms with Crippen LogP contribution in [-0.2, 0) is 11.2 Å². The van der Waals surface area contributed by atoms with Crippen LogP contribution in [0.2, 0.25) is 0 Å². The Bertz CT molecular complexity index is 679.